The zero-order valence-corrected chi connectivity index (χ0v) is 17.5. The summed E-state index contributed by atoms with van der Waals surface area (Å²) in [4.78, 5) is 12.6. The van der Waals surface area contributed by atoms with E-state index in [0.717, 1.165) is 5.56 Å². The molecule has 2 rings (SSSR count). The van der Waals surface area contributed by atoms with Crippen LogP contribution in [-0.2, 0) is 16.1 Å². The van der Waals surface area contributed by atoms with E-state index >= 15 is 0 Å². The van der Waals surface area contributed by atoms with E-state index in [4.69, 9.17) is 4.74 Å². The van der Waals surface area contributed by atoms with Crippen molar-refractivity contribution in [2.45, 2.75) is 20.4 Å². The maximum Gasteiger partial charge on any atom is 0.340 e. The quantitative estimate of drug-likeness (QED) is 0.314. The summed E-state index contributed by atoms with van der Waals surface area (Å²) in [6.07, 6.45) is 0. The molecule has 138 valence electrons. The molecule has 0 amide bonds. The Labute approximate surface area is 169 Å². The van der Waals surface area contributed by atoms with Crippen molar-refractivity contribution in [1.82, 2.24) is 5.32 Å². The smallest absolute Gasteiger partial charge is 0.340 e. The van der Waals surface area contributed by atoms with Crippen molar-refractivity contribution in [2.75, 3.05) is 6.61 Å². The fourth-order valence-corrected chi connectivity index (χ4v) is 3.69. The van der Waals surface area contributed by atoms with E-state index in [1.807, 2.05) is 30.3 Å². The van der Waals surface area contributed by atoms with Crippen molar-refractivity contribution < 1.29 is 19.7 Å². The normalized spacial score (nSPS) is 11.7. The molecule has 0 aliphatic carbocycles. The molecule has 0 aliphatic heterocycles. The third kappa shape index (κ3) is 4.59. The van der Waals surface area contributed by atoms with Gasteiger partial charge in [0.1, 0.15) is 11.5 Å². The third-order valence-electron chi connectivity index (χ3n) is 3.68. The highest BCUT2D eigenvalue weighted by Crippen LogP contribution is 2.44. The first-order chi connectivity index (χ1) is 12.4. The number of esters is 1. The molecule has 0 fully saturated rings. The summed E-state index contributed by atoms with van der Waals surface area (Å²) in [5.41, 5.74) is 1.87. The van der Waals surface area contributed by atoms with Crippen molar-refractivity contribution >= 4 is 43.4 Å². The molecular weight excluding hydrogens is 466 g/mol. The van der Waals surface area contributed by atoms with Crippen LogP contribution in [0.4, 0.5) is 0 Å². The summed E-state index contributed by atoms with van der Waals surface area (Å²) < 4.78 is 5.66. The first kappa shape index (κ1) is 20.3. The molecule has 0 radical (unpaired) electrons. The Bertz CT molecular complexity index is 835. The van der Waals surface area contributed by atoms with Gasteiger partial charge in [-0.25, -0.2) is 4.79 Å². The summed E-state index contributed by atoms with van der Waals surface area (Å²) in [6, 6.07) is 11.0. The van der Waals surface area contributed by atoms with E-state index in [1.165, 1.54) is 6.07 Å². The van der Waals surface area contributed by atoms with Gasteiger partial charge in [0.05, 0.1) is 26.7 Å². The van der Waals surface area contributed by atoms with Gasteiger partial charge in [-0.1, -0.05) is 30.3 Å². The Morgan fingerprint density at radius 1 is 1.19 bits per heavy atom. The first-order valence-corrected chi connectivity index (χ1v) is 9.51. The van der Waals surface area contributed by atoms with Crippen LogP contribution in [0.25, 0.3) is 5.57 Å². The van der Waals surface area contributed by atoms with Gasteiger partial charge in [0.2, 0.25) is 0 Å². The van der Waals surface area contributed by atoms with Crippen molar-refractivity contribution in [3.05, 3.63) is 62.2 Å². The number of ether oxygens (including phenoxy) is 1. The number of benzene rings is 2. The number of halogens is 2. The minimum atomic E-state index is -0.594. The lowest BCUT2D eigenvalue weighted by Crippen LogP contribution is -2.18. The SMILES string of the molecule is CCOC(=O)/C(=C(/C)NCc1ccccc1)c1c(O)cc(Br)c(O)c1Br. The van der Waals surface area contributed by atoms with E-state index in [9.17, 15) is 15.0 Å². The highest BCUT2D eigenvalue weighted by atomic mass is 79.9. The van der Waals surface area contributed by atoms with Crippen molar-refractivity contribution in [2.24, 2.45) is 0 Å². The largest absolute Gasteiger partial charge is 0.507 e. The van der Waals surface area contributed by atoms with Gasteiger partial charge in [-0.3, -0.25) is 0 Å². The number of allylic oxidation sites excluding steroid dienone is 1. The minimum Gasteiger partial charge on any atom is -0.507 e. The molecule has 0 aliphatic rings. The summed E-state index contributed by atoms with van der Waals surface area (Å²) in [5.74, 6) is -0.871. The van der Waals surface area contributed by atoms with Crippen molar-refractivity contribution in [3.63, 3.8) is 0 Å². The molecule has 0 saturated heterocycles. The summed E-state index contributed by atoms with van der Waals surface area (Å²) in [7, 11) is 0. The third-order valence-corrected chi connectivity index (χ3v) is 5.05. The van der Waals surface area contributed by atoms with E-state index in [0.29, 0.717) is 16.7 Å². The van der Waals surface area contributed by atoms with Gasteiger partial charge in [0.25, 0.3) is 0 Å². The summed E-state index contributed by atoms with van der Waals surface area (Å²) >= 11 is 6.41. The highest BCUT2D eigenvalue weighted by Gasteiger charge is 2.25. The van der Waals surface area contributed by atoms with Crippen molar-refractivity contribution in [3.8, 4) is 11.5 Å². The zero-order chi connectivity index (χ0) is 19.3. The lowest BCUT2D eigenvalue weighted by Gasteiger charge is -2.17. The van der Waals surface area contributed by atoms with E-state index < -0.39 is 5.97 Å². The van der Waals surface area contributed by atoms with Gasteiger partial charge in [-0.05, 0) is 57.3 Å². The maximum atomic E-state index is 12.6. The van der Waals surface area contributed by atoms with Crippen LogP contribution in [0.15, 0.2) is 51.0 Å². The molecule has 0 saturated carbocycles. The number of carbonyl (C=O) groups is 1. The number of hydrogen-bond acceptors (Lipinski definition) is 5. The molecule has 3 N–H and O–H groups in total. The Morgan fingerprint density at radius 3 is 2.46 bits per heavy atom. The number of nitrogens with one attached hydrogen (secondary N) is 1. The van der Waals surface area contributed by atoms with Gasteiger partial charge in [-0.15, -0.1) is 0 Å². The lowest BCUT2D eigenvalue weighted by molar-refractivity contribution is -0.136. The Morgan fingerprint density at radius 2 is 1.85 bits per heavy atom. The van der Waals surface area contributed by atoms with Crippen LogP contribution < -0.4 is 5.32 Å². The summed E-state index contributed by atoms with van der Waals surface area (Å²) in [5, 5.41) is 23.7. The van der Waals surface area contributed by atoms with Gasteiger partial charge < -0.3 is 20.3 Å². The fraction of sp³-hybridized carbons (Fsp3) is 0.211. The second-order valence-electron chi connectivity index (χ2n) is 5.47. The summed E-state index contributed by atoms with van der Waals surface area (Å²) in [6.45, 7) is 4.11. The Kier molecular flexibility index (Phi) is 7.11. The molecule has 5 nitrogen and oxygen atoms in total. The Hall–Kier alpha value is -1.99. The van der Waals surface area contributed by atoms with E-state index in [1.54, 1.807) is 13.8 Å². The Balaban J connectivity index is 2.50. The standard InChI is InChI=1S/C19H19Br2NO4/c1-3-26-19(25)15(11(2)22-10-12-7-5-4-6-8-12)16-14(23)9-13(20)18(24)17(16)21/h4-9,22-24H,3,10H2,1-2H3/b15-11-. The predicted octanol–water partition coefficient (Wildman–Crippen LogP) is 4.71. The number of rotatable bonds is 6. The van der Waals surface area contributed by atoms with Gasteiger partial charge in [-0.2, -0.15) is 0 Å². The highest BCUT2D eigenvalue weighted by molar-refractivity contribution is 9.11. The first-order valence-electron chi connectivity index (χ1n) is 7.92. The van der Waals surface area contributed by atoms with Gasteiger partial charge >= 0.3 is 5.97 Å². The van der Waals surface area contributed by atoms with E-state index in [-0.39, 0.29) is 33.7 Å². The number of aromatic hydroxyl groups is 2. The molecule has 0 bridgehead atoms. The minimum absolute atomic E-state index is 0.115. The average molecular weight is 485 g/mol. The van der Waals surface area contributed by atoms with Crippen LogP contribution in [0.2, 0.25) is 0 Å². The lowest BCUT2D eigenvalue weighted by atomic mass is 10.0. The van der Waals surface area contributed by atoms with Crippen LogP contribution in [0, 0.1) is 0 Å². The van der Waals surface area contributed by atoms with Gasteiger partial charge in [0.15, 0.2) is 0 Å². The second kappa shape index (κ2) is 9.09. The molecule has 0 aromatic heterocycles. The molecule has 26 heavy (non-hydrogen) atoms. The number of phenols is 2. The van der Waals surface area contributed by atoms with Crippen molar-refractivity contribution in [1.29, 1.82) is 0 Å². The molecule has 2 aromatic carbocycles. The number of phenolic OH excluding ortho intramolecular Hbond substituents is 2. The zero-order valence-electron chi connectivity index (χ0n) is 14.3. The van der Waals surface area contributed by atoms with Crippen LogP contribution >= 0.6 is 31.9 Å². The molecule has 0 heterocycles. The van der Waals surface area contributed by atoms with E-state index in [2.05, 4.69) is 37.2 Å². The second-order valence-corrected chi connectivity index (χ2v) is 7.12. The topological polar surface area (TPSA) is 78.8 Å². The molecule has 0 spiro atoms. The molecule has 0 unspecified atom stereocenters. The van der Waals surface area contributed by atoms with Gasteiger partial charge in [0, 0.05) is 12.2 Å². The monoisotopic (exact) mass is 483 g/mol. The number of carbonyl (C=O) groups excluding carboxylic acids is 1. The van der Waals surface area contributed by atoms with Crippen LogP contribution in [0.5, 0.6) is 11.5 Å². The fourth-order valence-electron chi connectivity index (χ4n) is 2.40. The molecule has 2 aromatic rings. The van der Waals surface area contributed by atoms with Crippen LogP contribution in [0.3, 0.4) is 0 Å². The molecular formula is C19H19Br2NO4. The van der Waals surface area contributed by atoms with Crippen LogP contribution in [-0.4, -0.2) is 22.8 Å². The molecule has 7 heteroatoms. The average Bonchev–Trinajstić information content (AvgIpc) is 2.62. The van der Waals surface area contributed by atoms with Crippen LogP contribution in [0.1, 0.15) is 25.0 Å². The number of hydrogen-bond donors (Lipinski definition) is 3. The maximum absolute atomic E-state index is 12.6. The molecule has 0 atom stereocenters. The predicted molar refractivity (Wildman–Crippen MR) is 108 cm³/mol.